The predicted molar refractivity (Wildman–Crippen MR) is 93.8 cm³/mol. The maximum Gasteiger partial charge on any atom is 0.337 e. The normalized spacial score (nSPS) is 10.2. The van der Waals surface area contributed by atoms with E-state index in [2.05, 4.69) is 25.3 Å². The van der Waals surface area contributed by atoms with Crippen LogP contribution in [0.15, 0.2) is 59.5 Å². The maximum atomic E-state index is 12.3. The van der Waals surface area contributed by atoms with Gasteiger partial charge in [-0.05, 0) is 36.4 Å². The highest BCUT2D eigenvalue weighted by Crippen LogP contribution is 2.13. The highest BCUT2D eigenvalue weighted by molar-refractivity contribution is 6.03. The zero-order valence-electron chi connectivity index (χ0n) is 13.9. The van der Waals surface area contributed by atoms with Gasteiger partial charge in [0.25, 0.3) is 5.91 Å². The summed E-state index contributed by atoms with van der Waals surface area (Å²) in [6, 6.07) is 11.5. The summed E-state index contributed by atoms with van der Waals surface area (Å²) in [5, 5.41) is 5.77. The van der Waals surface area contributed by atoms with Crippen LogP contribution in [0.25, 0.3) is 0 Å². The Balaban J connectivity index is 1.64. The summed E-state index contributed by atoms with van der Waals surface area (Å²) >= 11 is 0. The fourth-order valence-corrected chi connectivity index (χ4v) is 2.17. The van der Waals surface area contributed by atoms with E-state index >= 15 is 0 Å². The topological polar surface area (TPSA) is 106 Å². The lowest BCUT2D eigenvalue weighted by molar-refractivity contribution is 0.0600. The molecule has 0 bridgehead atoms. The van der Waals surface area contributed by atoms with Crippen LogP contribution in [0, 0.1) is 0 Å². The number of furan rings is 1. The molecule has 8 heteroatoms. The molecule has 2 N–H and O–H groups in total. The molecule has 2 heterocycles. The van der Waals surface area contributed by atoms with Crippen LogP contribution in [0.3, 0.4) is 0 Å². The lowest BCUT2D eigenvalue weighted by atomic mass is 10.2. The predicted octanol–water partition coefficient (Wildman–Crippen LogP) is 2.72. The second-order valence-corrected chi connectivity index (χ2v) is 5.24. The molecule has 0 fully saturated rings. The van der Waals surface area contributed by atoms with E-state index < -0.39 is 5.97 Å². The Bertz CT molecular complexity index is 892. The quantitative estimate of drug-likeness (QED) is 0.657. The van der Waals surface area contributed by atoms with Gasteiger partial charge < -0.3 is 19.8 Å². The first-order valence-corrected chi connectivity index (χ1v) is 7.74. The number of aromatic nitrogens is 2. The van der Waals surface area contributed by atoms with Gasteiger partial charge in [0.2, 0.25) is 0 Å². The third-order valence-corrected chi connectivity index (χ3v) is 3.49. The van der Waals surface area contributed by atoms with E-state index in [9.17, 15) is 9.59 Å². The fraction of sp³-hybridized carbons (Fsp3) is 0.111. The third-order valence-electron chi connectivity index (χ3n) is 3.49. The molecule has 0 atom stereocenters. The first-order valence-electron chi connectivity index (χ1n) is 7.74. The Morgan fingerprint density at radius 3 is 2.65 bits per heavy atom. The zero-order chi connectivity index (χ0) is 18.4. The van der Waals surface area contributed by atoms with Gasteiger partial charge in [0.15, 0.2) is 0 Å². The van der Waals surface area contributed by atoms with Crippen molar-refractivity contribution < 1.29 is 18.7 Å². The van der Waals surface area contributed by atoms with Gasteiger partial charge in [-0.25, -0.2) is 14.8 Å². The number of benzene rings is 1. The van der Waals surface area contributed by atoms with Crippen LogP contribution in [-0.2, 0) is 11.3 Å². The number of hydrogen-bond donors (Lipinski definition) is 2. The second-order valence-electron chi connectivity index (χ2n) is 5.24. The summed E-state index contributed by atoms with van der Waals surface area (Å²) in [4.78, 5) is 31.8. The number of carbonyl (C=O) groups excluding carboxylic acids is 2. The molecule has 0 spiro atoms. The molecule has 0 radical (unpaired) electrons. The van der Waals surface area contributed by atoms with Crippen LogP contribution in [0.5, 0.6) is 0 Å². The first kappa shape index (κ1) is 17.2. The van der Waals surface area contributed by atoms with Gasteiger partial charge in [-0.2, -0.15) is 0 Å². The van der Waals surface area contributed by atoms with Crippen molar-refractivity contribution in [3.63, 3.8) is 0 Å². The SMILES string of the molecule is COC(=O)c1ccc(NC(=O)c2cc(NCc3ccco3)ncn2)cc1. The van der Waals surface area contributed by atoms with Crippen LogP contribution in [0.4, 0.5) is 11.5 Å². The summed E-state index contributed by atoms with van der Waals surface area (Å²) in [6.45, 7) is 0.445. The number of nitrogens with zero attached hydrogens (tertiary/aromatic N) is 2. The van der Waals surface area contributed by atoms with Gasteiger partial charge in [0, 0.05) is 11.8 Å². The van der Waals surface area contributed by atoms with E-state index in [1.807, 2.05) is 6.07 Å². The number of ether oxygens (including phenoxy) is 1. The minimum Gasteiger partial charge on any atom is -0.467 e. The van der Waals surface area contributed by atoms with Crippen molar-refractivity contribution in [1.82, 2.24) is 9.97 Å². The summed E-state index contributed by atoms with van der Waals surface area (Å²) in [5.74, 6) is 0.424. The molecule has 0 aliphatic rings. The zero-order valence-corrected chi connectivity index (χ0v) is 13.9. The lowest BCUT2D eigenvalue weighted by Gasteiger charge is -2.07. The summed E-state index contributed by atoms with van der Waals surface area (Å²) < 4.78 is 9.86. The van der Waals surface area contributed by atoms with Crippen LogP contribution in [-0.4, -0.2) is 29.0 Å². The van der Waals surface area contributed by atoms with Crippen molar-refractivity contribution in [2.24, 2.45) is 0 Å². The Labute approximate surface area is 149 Å². The Morgan fingerprint density at radius 2 is 1.96 bits per heavy atom. The molecule has 1 amide bonds. The summed E-state index contributed by atoms with van der Waals surface area (Å²) in [7, 11) is 1.31. The number of anilines is 2. The molecular formula is C18H16N4O4. The van der Waals surface area contributed by atoms with Crippen molar-refractivity contribution >= 4 is 23.4 Å². The maximum absolute atomic E-state index is 12.3. The van der Waals surface area contributed by atoms with E-state index in [1.165, 1.54) is 13.4 Å². The van der Waals surface area contributed by atoms with Gasteiger partial charge in [-0.1, -0.05) is 0 Å². The van der Waals surface area contributed by atoms with Gasteiger partial charge >= 0.3 is 5.97 Å². The molecule has 0 aliphatic carbocycles. The van der Waals surface area contributed by atoms with E-state index in [4.69, 9.17) is 4.42 Å². The van der Waals surface area contributed by atoms with Gasteiger partial charge in [-0.3, -0.25) is 4.79 Å². The van der Waals surface area contributed by atoms with Crippen molar-refractivity contribution in [2.45, 2.75) is 6.54 Å². The molecule has 2 aromatic heterocycles. The number of methoxy groups -OCH3 is 1. The number of esters is 1. The van der Waals surface area contributed by atoms with E-state index in [0.29, 0.717) is 23.6 Å². The van der Waals surface area contributed by atoms with E-state index in [-0.39, 0.29) is 11.6 Å². The Hall–Kier alpha value is -3.68. The van der Waals surface area contributed by atoms with Gasteiger partial charge in [0.05, 0.1) is 25.5 Å². The number of amides is 1. The number of nitrogens with one attached hydrogen (secondary N) is 2. The Morgan fingerprint density at radius 1 is 1.15 bits per heavy atom. The molecule has 132 valence electrons. The monoisotopic (exact) mass is 352 g/mol. The highest BCUT2D eigenvalue weighted by Gasteiger charge is 2.11. The summed E-state index contributed by atoms with van der Waals surface area (Å²) in [5.41, 5.74) is 1.14. The van der Waals surface area contributed by atoms with E-state index in [0.717, 1.165) is 5.76 Å². The molecule has 26 heavy (non-hydrogen) atoms. The smallest absolute Gasteiger partial charge is 0.337 e. The fourth-order valence-electron chi connectivity index (χ4n) is 2.17. The summed E-state index contributed by atoms with van der Waals surface area (Å²) in [6.07, 6.45) is 2.89. The second kappa shape index (κ2) is 7.93. The highest BCUT2D eigenvalue weighted by atomic mass is 16.5. The van der Waals surface area contributed by atoms with Crippen molar-refractivity contribution in [3.8, 4) is 0 Å². The van der Waals surface area contributed by atoms with Gasteiger partial charge in [0.1, 0.15) is 23.6 Å². The molecule has 3 rings (SSSR count). The molecule has 1 aromatic carbocycles. The van der Waals surface area contributed by atoms with Gasteiger partial charge in [-0.15, -0.1) is 0 Å². The van der Waals surface area contributed by atoms with Crippen LogP contribution in [0.1, 0.15) is 26.6 Å². The molecule has 0 aliphatic heterocycles. The third kappa shape index (κ3) is 4.23. The van der Waals surface area contributed by atoms with Crippen molar-refractivity contribution in [3.05, 3.63) is 72.1 Å². The number of carbonyl (C=O) groups is 2. The molecular weight excluding hydrogens is 336 g/mol. The van der Waals surface area contributed by atoms with Crippen molar-refractivity contribution in [2.75, 3.05) is 17.7 Å². The number of hydrogen-bond acceptors (Lipinski definition) is 7. The van der Waals surface area contributed by atoms with Crippen molar-refractivity contribution in [1.29, 1.82) is 0 Å². The molecule has 0 unspecified atom stereocenters. The first-order chi connectivity index (χ1) is 12.7. The standard InChI is InChI=1S/C18H16N4O4/c1-25-18(24)12-4-6-13(7-5-12)22-17(23)15-9-16(21-11-20-15)19-10-14-3-2-8-26-14/h2-9,11H,10H2,1H3,(H,22,23)(H,19,20,21). The largest absolute Gasteiger partial charge is 0.467 e. The van der Waals surface area contributed by atoms with E-state index in [1.54, 1.807) is 42.7 Å². The molecule has 0 saturated carbocycles. The lowest BCUT2D eigenvalue weighted by Crippen LogP contribution is -2.15. The number of rotatable bonds is 6. The minimum atomic E-state index is -0.439. The minimum absolute atomic E-state index is 0.207. The average molecular weight is 352 g/mol. The Kier molecular flexibility index (Phi) is 5.23. The molecule has 8 nitrogen and oxygen atoms in total. The molecule has 3 aromatic rings. The van der Waals surface area contributed by atoms with Crippen LogP contribution >= 0.6 is 0 Å². The average Bonchev–Trinajstić information content (AvgIpc) is 3.20. The molecule has 0 saturated heterocycles. The van der Waals surface area contributed by atoms with Crippen LogP contribution in [0.2, 0.25) is 0 Å². The van der Waals surface area contributed by atoms with Crippen LogP contribution < -0.4 is 10.6 Å².